The molecule has 0 saturated heterocycles. The van der Waals surface area contributed by atoms with Crippen molar-refractivity contribution in [2.45, 2.75) is 38.7 Å². The van der Waals surface area contributed by atoms with E-state index in [-0.39, 0.29) is 11.0 Å². The van der Waals surface area contributed by atoms with Gasteiger partial charge < -0.3 is 9.47 Å². The van der Waals surface area contributed by atoms with Crippen molar-refractivity contribution in [3.05, 3.63) is 48.5 Å². The minimum absolute atomic E-state index is 0.0701. The van der Waals surface area contributed by atoms with Gasteiger partial charge in [0.05, 0.1) is 23.3 Å². The van der Waals surface area contributed by atoms with Crippen LogP contribution in [0, 0.1) is 0 Å². The Kier molecular flexibility index (Phi) is 6.31. The molecule has 25 heavy (non-hydrogen) atoms. The summed E-state index contributed by atoms with van der Waals surface area (Å²) in [6.45, 7) is 8.46. The van der Waals surface area contributed by atoms with Gasteiger partial charge in [0.2, 0.25) is 0 Å². The Balaban J connectivity index is 2.28. The van der Waals surface area contributed by atoms with Crippen molar-refractivity contribution in [3.8, 4) is 11.5 Å². The molecule has 5 nitrogen and oxygen atoms in total. The van der Waals surface area contributed by atoms with E-state index in [2.05, 4.69) is 0 Å². The molecular weight excluding hydrogens is 338 g/mol. The number of benzene rings is 2. The quantitative estimate of drug-likeness (QED) is 0.709. The molecule has 0 amide bonds. The van der Waals surface area contributed by atoms with Gasteiger partial charge in [-0.15, -0.1) is 0 Å². The van der Waals surface area contributed by atoms with Crippen LogP contribution in [-0.4, -0.2) is 27.7 Å². The van der Waals surface area contributed by atoms with E-state index in [4.69, 9.17) is 9.47 Å². The maximum Gasteiger partial charge on any atom is 0.264 e. The number of hydrogen-bond donors (Lipinski definition) is 0. The van der Waals surface area contributed by atoms with E-state index in [0.29, 0.717) is 30.3 Å². The molecule has 2 rings (SSSR count). The highest BCUT2D eigenvalue weighted by molar-refractivity contribution is 7.92. The Morgan fingerprint density at radius 3 is 1.96 bits per heavy atom. The molecule has 0 aliphatic heterocycles. The van der Waals surface area contributed by atoms with E-state index in [1.54, 1.807) is 48.5 Å². The van der Waals surface area contributed by atoms with Crippen molar-refractivity contribution in [1.82, 2.24) is 0 Å². The zero-order valence-corrected chi connectivity index (χ0v) is 15.9. The molecule has 6 heteroatoms. The average Bonchev–Trinajstić information content (AvgIpc) is 2.57. The van der Waals surface area contributed by atoms with Crippen LogP contribution in [0.2, 0.25) is 0 Å². The summed E-state index contributed by atoms with van der Waals surface area (Å²) >= 11 is 0. The van der Waals surface area contributed by atoms with Gasteiger partial charge in [-0.25, -0.2) is 8.42 Å². The second kappa shape index (κ2) is 8.25. The van der Waals surface area contributed by atoms with Crippen LogP contribution < -0.4 is 13.8 Å². The minimum Gasteiger partial charge on any atom is -0.494 e. The standard InChI is InChI=1S/C19H25NO4S/c1-5-20(16-7-9-18(10-8-16)24-15(3)4)25(21,22)19-13-11-17(12-14-19)23-6-2/h7-15H,5-6H2,1-4H3. The molecule has 0 fully saturated rings. The van der Waals surface area contributed by atoms with Crippen molar-refractivity contribution < 1.29 is 17.9 Å². The Bertz CT molecular complexity index is 768. The van der Waals surface area contributed by atoms with E-state index >= 15 is 0 Å². The molecule has 136 valence electrons. The molecule has 0 unspecified atom stereocenters. The lowest BCUT2D eigenvalue weighted by molar-refractivity contribution is 0.242. The fourth-order valence-electron chi connectivity index (χ4n) is 2.46. The fourth-order valence-corrected chi connectivity index (χ4v) is 3.93. The topological polar surface area (TPSA) is 55.8 Å². The van der Waals surface area contributed by atoms with Gasteiger partial charge in [0.25, 0.3) is 10.0 Å². The summed E-state index contributed by atoms with van der Waals surface area (Å²) in [7, 11) is -3.63. The summed E-state index contributed by atoms with van der Waals surface area (Å²) in [4.78, 5) is 0.236. The third-order valence-electron chi connectivity index (χ3n) is 3.51. The van der Waals surface area contributed by atoms with Crippen molar-refractivity contribution >= 4 is 15.7 Å². The Labute approximate surface area is 150 Å². The van der Waals surface area contributed by atoms with E-state index in [1.807, 2.05) is 27.7 Å². The Morgan fingerprint density at radius 1 is 0.920 bits per heavy atom. The average molecular weight is 363 g/mol. The summed E-state index contributed by atoms with van der Waals surface area (Å²) in [6, 6.07) is 13.6. The van der Waals surface area contributed by atoms with Crippen LogP contribution in [0.4, 0.5) is 5.69 Å². The van der Waals surface area contributed by atoms with Crippen LogP contribution in [-0.2, 0) is 10.0 Å². The van der Waals surface area contributed by atoms with Gasteiger partial charge in [-0.1, -0.05) is 0 Å². The maximum absolute atomic E-state index is 12.9. The smallest absolute Gasteiger partial charge is 0.264 e. The predicted octanol–water partition coefficient (Wildman–Crippen LogP) is 4.09. The van der Waals surface area contributed by atoms with Gasteiger partial charge in [0, 0.05) is 6.54 Å². The highest BCUT2D eigenvalue weighted by Gasteiger charge is 2.23. The first-order valence-electron chi connectivity index (χ1n) is 8.40. The monoisotopic (exact) mass is 363 g/mol. The number of ether oxygens (including phenoxy) is 2. The largest absolute Gasteiger partial charge is 0.494 e. The molecule has 0 spiro atoms. The zero-order chi connectivity index (χ0) is 18.4. The lowest BCUT2D eigenvalue weighted by Gasteiger charge is -2.23. The SMILES string of the molecule is CCOc1ccc(S(=O)(=O)N(CC)c2ccc(OC(C)C)cc2)cc1. The van der Waals surface area contributed by atoms with E-state index in [1.165, 1.54) is 4.31 Å². The summed E-state index contributed by atoms with van der Waals surface area (Å²) in [5, 5.41) is 0. The molecule has 2 aromatic rings. The molecule has 0 aliphatic carbocycles. The molecule has 0 radical (unpaired) electrons. The molecule has 0 aliphatic rings. The third-order valence-corrected chi connectivity index (χ3v) is 5.42. The number of anilines is 1. The van der Waals surface area contributed by atoms with Crippen molar-refractivity contribution in [2.75, 3.05) is 17.5 Å². The first kappa shape index (κ1) is 19.1. The lowest BCUT2D eigenvalue weighted by atomic mass is 10.3. The van der Waals surface area contributed by atoms with Crippen LogP contribution in [0.15, 0.2) is 53.4 Å². The van der Waals surface area contributed by atoms with Gasteiger partial charge in [0.15, 0.2) is 0 Å². The summed E-state index contributed by atoms with van der Waals surface area (Å²) in [6.07, 6.45) is 0.0701. The van der Waals surface area contributed by atoms with Crippen molar-refractivity contribution in [3.63, 3.8) is 0 Å². The van der Waals surface area contributed by atoms with Crippen molar-refractivity contribution in [1.29, 1.82) is 0 Å². The van der Waals surface area contributed by atoms with Gasteiger partial charge in [0.1, 0.15) is 11.5 Å². The summed E-state index contributed by atoms with van der Waals surface area (Å²) in [5.41, 5.74) is 0.604. The predicted molar refractivity (Wildman–Crippen MR) is 100 cm³/mol. The highest BCUT2D eigenvalue weighted by Crippen LogP contribution is 2.27. The van der Waals surface area contributed by atoms with Crippen LogP contribution in [0.5, 0.6) is 11.5 Å². The molecular formula is C19H25NO4S. The van der Waals surface area contributed by atoms with Crippen molar-refractivity contribution in [2.24, 2.45) is 0 Å². The van der Waals surface area contributed by atoms with E-state index < -0.39 is 10.0 Å². The molecule has 0 atom stereocenters. The normalized spacial score (nSPS) is 11.4. The van der Waals surface area contributed by atoms with E-state index in [0.717, 1.165) is 0 Å². The number of hydrogen-bond acceptors (Lipinski definition) is 4. The number of rotatable bonds is 8. The number of nitrogens with zero attached hydrogens (tertiary/aromatic N) is 1. The van der Waals surface area contributed by atoms with Crippen LogP contribution >= 0.6 is 0 Å². The summed E-state index contributed by atoms with van der Waals surface area (Å²) in [5.74, 6) is 1.37. The van der Waals surface area contributed by atoms with Crippen LogP contribution in [0.25, 0.3) is 0 Å². The van der Waals surface area contributed by atoms with Gasteiger partial charge in [-0.3, -0.25) is 4.31 Å². The first-order chi connectivity index (χ1) is 11.9. The second-order valence-corrected chi connectivity index (χ2v) is 7.60. The fraction of sp³-hybridized carbons (Fsp3) is 0.368. The third kappa shape index (κ3) is 4.66. The minimum atomic E-state index is -3.63. The molecule has 0 aromatic heterocycles. The lowest BCUT2D eigenvalue weighted by Crippen LogP contribution is -2.30. The van der Waals surface area contributed by atoms with Gasteiger partial charge >= 0.3 is 0 Å². The molecule has 0 saturated carbocycles. The molecule has 0 heterocycles. The van der Waals surface area contributed by atoms with Crippen LogP contribution in [0.1, 0.15) is 27.7 Å². The van der Waals surface area contributed by atoms with Crippen LogP contribution in [0.3, 0.4) is 0 Å². The Hall–Kier alpha value is -2.21. The maximum atomic E-state index is 12.9. The highest BCUT2D eigenvalue weighted by atomic mass is 32.2. The number of sulfonamides is 1. The zero-order valence-electron chi connectivity index (χ0n) is 15.1. The summed E-state index contributed by atoms with van der Waals surface area (Å²) < 4.78 is 38.3. The molecule has 0 bridgehead atoms. The van der Waals surface area contributed by atoms with E-state index in [9.17, 15) is 8.42 Å². The molecule has 2 aromatic carbocycles. The second-order valence-electron chi connectivity index (χ2n) is 5.73. The van der Waals surface area contributed by atoms with Gasteiger partial charge in [-0.2, -0.15) is 0 Å². The molecule has 0 N–H and O–H groups in total. The first-order valence-corrected chi connectivity index (χ1v) is 9.84. The Morgan fingerprint density at radius 2 is 1.48 bits per heavy atom. The van der Waals surface area contributed by atoms with Gasteiger partial charge in [-0.05, 0) is 76.2 Å².